The van der Waals surface area contributed by atoms with Gasteiger partial charge in [-0.3, -0.25) is 0 Å². The van der Waals surface area contributed by atoms with Crippen molar-refractivity contribution in [1.82, 2.24) is 9.36 Å². The van der Waals surface area contributed by atoms with Crippen LogP contribution in [0.15, 0.2) is 27.4 Å². The molecule has 0 fully saturated rings. The minimum atomic E-state index is -0.258. The number of halogens is 1. The van der Waals surface area contributed by atoms with Crippen LogP contribution in [0.5, 0.6) is 0 Å². The van der Waals surface area contributed by atoms with Gasteiger partial charge in [0, 0.05) is 13.0 Å². The molecule has 1 aromatic heterocycles. The van der Waals surface area contributed by atoms with E-state index in [9.17, 15) is 4.39 Å². The molecule has 1 heterocycles. The predicted octanol–water partition coefficient (Wildman–Crippen LogP) is 2.85. The van der Waals surface area contributed by atoms with Crippen molar-refractivity contribution in [3.05, 3.63) is 35.4 Å². The number of aryl methyl sites for hydroxylation is 1. The molecule has 17 heavy (non-hydrogen) atoms. The van der Waals surface area contributed by atoms with Crippen LogP contribution in [0.3, 0.4) is 0 Å². The number of nitrogens with two attached hydrogens (primary N) is 1. The number of rotatable bonds is 4. The molecule has 0 aliphatic heterocycles. The summed E-state index contributed by atoms with van der Waals surface area (Å²) < 4.78 is 18.6. The average molecular weight is 269 g/mol. The van der Waals surface area contributed by atoms with Crippen LogP contribution in [0.2, 0.25) is 0 Å². The van der Waals surface area contributed by atoms with Gasteiger partial charge in [0.2, 0.25) is 0 Å². The second-order valence-corrected chi connectivity index (χ2v) is 5.44. The van der Waals surface area contributed by atoms with E-state index in [2.05, 4.69) is 9.36 Å². The maximum atomic E-state index is 13.7. The molecule has 2 N–H and O–H groups in total. The summed E-state index contributed by atoms with van der Waals surface area (Å²) >= 11 is 2.60. The average Bonchev–Trinajstić information content (AvgIpc) is 2.79. The predicted molar refractivity (Wildman–Crippen MR) is 67.7 cm³/mol. The summed E-state index contributed by atoms with van der Waals surface area (Å²) in [4.78, 5) is 4.84. The summed E-state index contributed by atoms with van der Waals surface area (Å²) in [5.41, 5.74) is 6.24. The first-order valence-electron chi connectivity index (χ1n) is 5.22. The van der Waals surface area contributed by atoms with Gasteiger partial charge in [-0.25, -0.2) is 9.37 Å². The Hall–Kier alpha value is -0.980. The lowest BCUT2D eigenvalue weighted by Crippen LogP contribution is -1.96. The molecule has 1 aromatic carbocycles. The van der Waals surface area contributed by atoms with Gasteiger partial charge in [-0.1, -0.05) is 24.8 Å². The van der Waals surface area contributed by atoms with E-state index < -0.39 is 0 Å². The lowest BCUT2D eigenvalue weighted by Gasteiger charge is -2.02. The molecular weight excluding hydrogens is 257 g/mol. The second-order valence-electron chi connectivity index (χ2n) is 3.40. The second kappa shape index (κ2) is 5.57. The fourth-order valence-corrected chi connectivity index (χ4v) is 2.93. The summed E-state index contributed by atoms with van der Waals surface area (Å²) in [5, 5.41) is 0. The topological polar surface area (TPSA) is 51.8 Å². The Balaban J connectivity index is 2.18. The van der Waals surface area contributed by atoms with Crippen molar-refractivity contribution in [2.24, 2.45) is 5.73 Å². The number of hydrogen-bond donors (Lipinski definition) is 1. The zero-order valence-electron chi connectivity index (χ0n) is 9.31. The molecule has 3 nitrogen and oxygen atoms in total. The van der Waals surface area contributed by atoms with Gasteiger partial charge in [0.15, 0.2) is 4.34 Å². The van der Waals surface area contributed by atoms with E-state index in [-0.39, 0.29) is 5.82 Å². The Morgan fingerprint density at radius 1 is 1.47 bits per heavy atom. The largest absolute Gasteiger partial charge is 0.326 e. The summed E-state index contributed by atoms with van der Waals surface area (Å²) in [6, 6.07) is 5.02. The fourth-order valence-electron chi connectivity index (χ4n) is 1.27. The van der Waals surface area contributed by atoms with Crippen LogP contribution in [0.1, 0.15) is 18.3 Å². The zero-order valence-corrected chi connectivity index (χ0v) is 10.9. The van der Waals surface area contributed by atoms with Crippen LogP contribution >= 0.6 is 23.3 Å². The van der Waals surface area contributed by atoms with E-state index in [1.807, 2.05) is 13.0 Å². The summed E-state index contributed by atoms with van der Waals surface area (Å²) in [7, 11) is 0. The molecule has 0 spiro atoms. The number of benzene rings is 1. The smallest absolute Gasteiger partial charge is 0.174 e. The van der Waals surface area contributed by atoms with Gasteiger partial charge in [0.25, 0.3) is 0 Å². The molecule has 2 aromatic rings. The van der Waals surface area contributed by atoms with Gasteiger partial charge in [-0.2, -0.15) is 4.37 Å². The molecule has 2 rings (SSSR count). The van der Waals surface area contributed by atoms with Crippen molar-refractivity contribution in [3.63, 3.8) is 0 Å². The van der Waals surface area contributed by atoms with E-state index >= 15 is 0 Å². The molecule has 0 aliphatic rings. The van der Waals surface area contributed by atoms with Crippen molar-refractivity contribution in [1.29, 1.82) is 0 Å². The van der Waals surface area contributed by atoms with Gasteiger partial charge in [-0.15, -0.1) is 0 Å². The maximum Gasteiger partial charge on any atom is 0.174 e. The molecule has 6 heteroatoms. The minimum Gasteiger partial charge on any atom is -0.326 e. The number of aromatic nitrogens is 2. The molecule has 0 atom stereocenters. The molecule has 0 amide bonds. The highest BCUT2D eigenvalue weighted by molar-refractivity contribution is 8.01. The third kappa shape index (κ3) is 3.02. The minimum absolute atomic E-state index is 0.258. The molecule has 0 saturated carbocycles. The van der Waals surface area contributed by atoms with Gasteiger partial charge in [0.1, 0.15) is 11.6 Å². The first kappa shape index (κ1) is 12.5. The molecule has 0 unspecified atom stereocenters. The quantitative estimate of drug-likeness (QED) is 0.927. The van der Waals surface area contributed by atoms with Gasteiger partial charge >= 0.3 is 0 Å². The Morgan fingerprint density at radius 2 is 2.29 bits per heavy atom. The van der Waals surface area contributed by atoms with E-state index in [0.29, 0.717) is 11.4 Å². The van der Waals surface area contributed by atoms with Gasteiger partial charge < -0.3 is 5.73 Å². The SMILES string of the molecule is CCc1nsc(Sc2ccc(CN)cc2F)n1. The van der Waals surface area contributed by atoms with E-state index in [4.69, 9.17) is 5.73 Å². The highest BCUT2D eigenvalue weighted by Gasteiger charge is 2.09. The molecule has 0 bridgehead atoms. The van der Waals surface area contributed by atoms with E-state index in [0.717, 1.165) is 22.1 Å². The summed E-state index contributed by atoms with van der Waals surface area (Å²) in [6.45, 7) is 2.34. The lowest BCUT2D eigenvalue weighted by atomic mass is 10.2. The van der Waals surface area contributed by atoms with Crippen LogP contribution < -0.4 is 5.73 Å². The third-order valence-electron chi connectivity index (χ3n) is 2.19. The molecular formula is C11H12FN3S2. The zero-order chi connectivity index (χ0) is 12.3. The maximum absolute atomic E-state index is 13.7. The van der Waals surface area contributed by atoms with E-state index in [1.54, 1.807) is 6.07 Å². The van der Waals surface area contributed by atoms with E-state index in [1.165, 1.54) is 29.4 Å². The van der Waals surface area contributed by atoms with Crippen molar-refractivity contribution in [2.75, 3.05) is 0 Å². The Bertz CT molecular complexity index is 513. The van der Waals surface area contributed by atoms with Crippen LogP contribution in [0, 0.1) is 5.82 Å². The lowest BCUT2D eigenvalue weighted by molar-refractivity contribution is 0.599. The van der Waals surface area contributed by atoms with Crippen LogP contribution in [0.25, 0.3) is 0 Å². The molecule has 90 valence electrons. The van der Waals surface area contributed by atoms with Crippen molar-refractivity contribution >= 4 is 23.3 Å². The van der Waals surface area contributed by atoms with Crippen LogP contribution in [0.4, 0.5) is 4.39 Å². The summed E-state index contributed by atoms with van der Waals surface area (Å²) in [5.74, 6) is 0.544. The summed E-state index contributed by atoms with van der Waals surface area (Å²) in [6.07, 6.45) is 0.797. The Kier molecular flexibility index (Phi) is 4.09. The first-order valence-corrected chi connectivity index (χ1v) is 6.81. The normalized spacial score (nSPS) is 10.8. The monoisotopic (exact) mass is 269 g/mol. The number of nitrogens with zero attached hydrogens (tertiary/aromatic N) is 2. The highest BCUT2D eigenvalue weighted by Crippen LogP contribution is 2.31. The van der Waals surface area contributed by atoms with Crippen molar-refractivity contribution in [3.8, 4) is 0 Å². The van der Waals surface area contributed by atoms with Gasteiger partial charge in [-0.05, 0) is 29.2 Å². The van der Waals surface area contributed by atoms with Crippen molar-refractivity contribution in [2.45, 2.75) is 29.1 Å². The first-order chi connectivity index (χ1) is 8.22. The standard InChI is InChI=1S/C11H12FN3S2/c1-2-10-14-11(17-15-10)16-9-4-3-7(6-13)5-8(9)12/h3-5H,2,6,13H2,1H3. The highest BCUT2D eigenvalue weighted by atomic mass is 32.2. The van der Waals surface area contributed by atoms with Gasteiger partial charge in [0.05, 0.1) is 4.90 Å². The molecule has 0 radical (unpaired) electrons. The molecule has 0 saturated heterocycles. The molecule has 0 aliphatic carbocycles. The Morgan fingerprint density at radius 3 is 2.88 bits per heavy atom. The Labute approximate surface area is 107 Å². The van der Waals surface area contributed by atoms with Crippen LogP contribution in [-0.4, -0.2) is 9.36 Å². The van der Waals surface area contributed by atoms with Crippen LogP contribution in [-0.2, 0) is 13.0 Å². The third-order valence-corrected chi connectivity index (χ3v) is 4.03. The fraction of sp³-hybridized carbons (Fsp3) is 0.273. The number of hydrogen-bond acceptors (Lipinski definition) is 5. The van der Waals surface area contributed by atoms with Crippen molar-refractivity contribution < 1.29 is 4.39 Å².